The van der Waals surface area contributed by atoms with E-state index in [4.69, 9.17) is 9.47 Å². The third kappa shape index (κ3) is 7.14. The van der Waals surface area contributed by atoms with Crippen LogP contribution >= 0.6 is 11.3 Å². The summed E-state index contributed by atoms with van der Waals surface area (Å²) in [5, 5.41) is 12.1. The van der Waals surface area contributed by atoms with Gasteiger partial charge in [0, 0.05) is 24.7 Å². The van der Waals surface area contributed by atoms with Crippen LogP contribution in [0.3, 0.4) is 0 Å². The first kappa shape index (κ1) is 24.4. The van der Waals surface area contributed by atoms with E-state index in [0.29, 0.717) is 24.5 Å². The van der Waals surface area contributed by atoms with Gasteiger partial charge in [0.15, 0.2) is 6.61 Å². The molecule has 0 saturated carbocycles. The van der Waals surface area contributed by atoms with Gasteiger partial charge in [-0.2, -0.15) is 0 Å². The lowest BCUT2D eigenvalue weighted by Gasteiger charge is -2.32. The summed E-state index contributed by atoms with van der Waals surface area (Å²) < 4.78 is 15.2. The van der Waals surface area contributed by atoms with E-state index in [1.165, 1.54) is 18.4 Å². The zero-order valence-corrected chi connectivity index (χ0v) is 19.9. The monoisotopic (exact) mass is 476 g/mol. The van der Waals surface area contributed by atoms with E-state index in [0.717, 1.165) is 17.8 Å². The summed E-state index contributed by atoms with van der Waals surface area (Å²) in [6.45, 7) is 6.50. The van der Waals surface area contributed by atoms with Gasteiger partial charge in [-0.15, -0.1) is 10.2 Å². The standard InChI is InChI=1S/C22H28N4O6S/c1-22(2,3)32-21(29)26-11-9-14(10-12-26)19-24-25-20(33-19)18(28)23-15-5-7-16(8-6-15)31-13-17(27)30-4/h5-8,14H,9-13H2,1-4H3,(H,23,28). The van der Waals surface area contributed by atoms with Crippen LogP contribution in [0.4, 0.5) is 10.5 Å². The van der Waals surface area contributed by atoms with Crippen molar-refractivity contribution in [2.45, 2.75) is 45.1 Å². The molecule has 2 heterocycles. The highest BCUT2D eigenvalue weighted by atomic mass is 32.1. The second-order valence-electron chi connectivity index (χ2n) is 8.53. The van der Waals surface area contributed by atoms with E-state index >= 15 is 0 Å². The van der Waals surface area contributed by atoms with Crippen molar-refractivity contribution in [1.82, 2.24) is 15.1 Å². The number of ether oxygens (including phenoxy) is 3. The lowest BCUT2D eigenvalue weighted by Crippen LogP contribution is -2.41. The molecule has 33 heavy (non-hydrogen) atoms. The molecule has 178 valence electrons. The molecule has 11 heteroatoms. The Labute approximate surface area is 196 Å². The first-order valence-electron chi connectivity index (χ1n) is 10.6. The SMILES string of the molecule is COC(=O)COc1ccc(NC(=O)c2nnc(C3CCN(C(=O)OC(C)(C)C)CC3)s2)cc1. The number of rotatable bonds is 6. The number of esters is 1. The first-order chi connectivity index (χ1) is 15.6. The first-order valence-corrected chi connectivity index (χ1v) is 11.4. The number of nitrogens with one attached hydrogen (secondary N) is 1. The van der Waals surface area contributed by atoms with Crippen molar-refractivity contribution in [3.63, 3.8) is 0 Å². The van der Waals surface area contributed by atoms with E-state index in [2.05, 4.69) is 20.3 Å². The van der Waals surface area contributed by atoms with Gasteiger partial charge < -0.3 is 24.4 Å². The number of likely N-dealkylation sites (tertiary alicyclic amines) is 1. The van der Waals surface area contributed by atoms with Crippen LogP contribution in [0, 0.1) is 0 Å². The Balaban J connectivity index is 1.50. The predicted molar refractivity (Wildman–Crippen MR) is 122 cm³/mol. The van der Waals surface area contributed by atoms with Crippen molar-refractivity contribution in [2.75, 3.05) is 32.1 Å². The van der Waals surface area contributed by atoms with Crippen molar-refractivity contribution in [3.05, 3.63) is 34.3 Å². The molecule has 3 rings (SSSR count). The number of methoxy groups -OCH3 is 1. The Morgan fingerprint density at radius 3 is 2.39 bits per heavy atom. The van der Waals surface area contributed by atoms with Gasteiger partial charge in [-0.3, -0.25) is 4.79 Å². The topological polar surface area (TPSA) is 120 Å². The Hall–Kier alpha value is -3.21. The maximum absolute atomic E-state index is 12.6. The van der Waals surface area contributed by atoms with Crippen molar-refractivity contribution in [3.8, 4) is 5.75 Å². The molecule has 0 bridgehead atoms. The number of carbonyl (C=O) groups is 3. The number of piperidine rings is 1. The van der Waals surface area contributed by atoms with Gasteiger partial charge in [0.05, 0.1) is 7.11 Å². The molecule has 0 aliphatic carbocycles. The highest BCUT2D eigenvalue weighted by molar-refractivity contribution is 7.13. The quantitative estimate of drug-likeness (QED) is 0.630. The van der Waals surface area contributed by atoms with Crippen molar-refractivity contribution >= 4 is 35.0 Å². The van der Waals surface area contributed by atoms with E-state index in [9.17, 15) is 14.4 Å². The molecule has 0 unspecified atom stereocenters. The van der Waals surface area contributed by atoms with Crippen LogP contribution < -0.4 is 10.1 Å². The molecule has 1 fully saturated rings. The number of hydrogen-bond donors (Lipinski definition) is 1. The van der Waals surface area contributed by atoms with E-state index in [1.807, 2.05) is 20.8 Å². The molecule has 2 aromatic rings. The summed E-state index contributed by atoms with van der Waals surface area (Å²) >= 11 is 1.26. The molecule has 1 aromatic heterocycles. The predicted octanol–water partition coefficient (Wildman–Crippen LogP) is 3.46. The average Bonchev–Trinajstić information content (AvgIpc) is 3.28. The van der Waals surface area contributed by atoms with E-state index in [-0.39, 0.29) is 29.5 Å². The molecule has 1 aromatic carbocycles. The number of carbonyl (C=O) groups excluding carboxylic acids is 3. The van der Waals surface area contributed by atoms with Crippen molar-refractivity contribution in [1.29, 1.82) is 0 Å². The average molecular weight is 477 g/mol. The van der Waals surface area contributed by atoms with Crippen LogP contribution in [-0.4, -0.2) is 65.5 Å². The highest BCUT2D eigenvalue weighted by Crippen LogP contribution is 2.31. The fraction of sp³-hybridized carbons (Fsp3) is 0.500. The molecule has 1 aliphatic rings. The second-order valence-corrected chi connectivity index (χ2v) is 9.54. The van der Waals surface area contributed by atoms with Gasteiger partial charge in [-0.1, -0.05) is 11.3 Å². The Morgan fingerprint density at radius 2 is 1.79 bits per heavy atom. The van der Waals surface area contributed by atoms with Crippen LogP contribution in [0.5, 0.6) is 5.75 Å². The number of anilines is 1. The van der Waals surface area contributed by atoms with Gasteiger partial charge in [-0.05, 0) is 57.9 Å². The number of amides is 2. The molecule has 1 aliphatic heterocycles. The van der Waals surface area contributed by atoms with Crippen molar-refractivity contribution in [2.24, 2.45) is 0 Å². The summed E-state index contributed by atoms with van der Waals surface area (Å²) in [7, 11) is 1.29. The normalized spacial score (nSPS) is 14.5. The lowest BCUT2D eigenvalue weighted by atomic mass is 9.98. The lowest BCUT2D eigenvalue weighted by molar-refractivity contribution is -0.142. The Bertz CT molecular complexity index is 978. The minimum absolute atomic E-state index is 0.147. The van der Waals surface area contributed by atoms with Gasteiger partial charge in [-0.25, -0.2) is 9.59 Å². The molecule has 10 nitrogen and oxygen atoms in total. The minimum Gasteiger partial charge on any atom is -0.482 e. The minimum atomic E-state index is -0.522. The number of nitrogens with zero attached hydrogens (tertiary/aromatic N) is 3. The van der Waals surface area contributed by atoms with Crippen LogP contribution in [0.25, 0.3) is 0 Å². The third-order valence-corrected chi connectivity index (χ3v) is 5.91. The molecule has 1 N–H and O–H groups in total. The van der Waals surface area contributed by atoms with Crippen molar-refractivity contribution < 1.29 is 28.6 Å². The maximum atomic E-state index is 12.6. The zero-order chi connectivity index (χ0) is 24.0. The Kier molecular flexibility index (Phi) is 7.85. The molecule has 2 amide bonds. The summed E-state index contributed by atoms with van der Waals surface area (Å²) in [5.41, 5.74) is 0.0408. The Morgan fingerprint density at radius 1 is 1.12 bits per heavy atom. The largest absolute Gasteiger partial charge is 0.482 e. The summed E-state index contributed by atoms with van der Waals surface area (Å²) in [6, 6.07) is 6.61. The second kappa shape index (κ2) is 10.6. The fourth-order valence-corrected chi connectivity index (χ4v) is 4.05. The maximum Gasteiger partial charge on any atom is 0.410 e. The molecular formula is C22H28N4O6S. The third-order valence-electron chi connectivity index (χ3n) is 4.83. The van der Waals surface area contributed by atoms with Crippen LogP contribution in [0.15, 0.2) is 24.3 Å². The molecular weight excluding hydrogens is 448 g/mol. The molecule has 0 spiro atoms. The van der Waals surface area contributed by atoms with Crippen LogP contribution in [0.1, 0.15) is 54.3 Å². The van der Waals surface area contributed by atoms with Gasteiger partial charge in [0.1, 0.15) is 16.4 Å². The van der Waals surface area contributed by atoms with Gasteiger partial charge >= 0.3 is 12.1 Å². The van der Waals surface area contributed by atoms with Gasteiger partial charge in [0.25, 0.3) is 5.91 Å². The zero-order valence-electron chi connectivity index (χ0n) is 19.1. The number of hydrogen-bond acceptors (Lipinski definition) is 9. The van der Waals surface area contributed by atoms with E-state index < -0.39 is 11.6 Å². The molecule has 1 saturated heterocycles. The summed E-state index contributed by atoms with van der Waals surface area (Å²) in [4.78, 5) is 37.6. The van der Waals surface area contributed by atoms with Crippen LogP contribution in [0.2, 0.25) is 0 Å². The highest BCUT2D eigenvalue weighted by Gasteiger charge is 2.29. The van der Waals surface area contributed by atoms with E-state index in [1.54, 1.807) is 29.2 Å². The van der Waals surface area contributed by atoms with Gasteiger partial charge in [0.2, 0.25) is 5.01 Å². The number of aromatic nitrogens is 2. The molecule has 0 atom stereocenters. The van der Waals surface area contributed by atoms with Crippen LogP contribution in [-0.2, 0) is 14.3 Å². The fourth-order valence-electron chi connectivity index (χ4n) is 3.15. The summed E-state index contributed by atoms with van der Waals surface area (Å²) in [6.07, 6.45) is 1.17. The summed E-state index contributed by atoms with van der Waals surface area (Å²) in [5.74, 6) is -0.202. The number of benzene rings is 1. The smallest absolute Gasteiger partial charge is 0.410 e. The molecule has 0 radical (unpaired) electrons.